The fourth-order valence-corrected chi connectivity index (χ4v) is 5.83. The molecule has 2 aliphatic rings. The number of nitrogens with zero attached hydrogens (tertiary/aromatic N) is 2. The molecule has 0 bridgehead atoms. The van der Waals surface area contributed by atoms with Crippen molar-refractivity contribution in [3.05, 3.63) is 57.6 Å². The standard InChI is InChI=1S/C20H20N2O4S/c1-20(2)13-6-5-12(23)9-14(13)21(3)19(20)17-7-4-11-8-15(22(25)26)16(24)10-18(11)27-17/h4-10,17,19,23-24H,1-3H3. The number of benzene rings is 2. The second kappa shape index (κ2) is 5.92. The van der Waals surface area contributed by atoms with Gasteiger partial charge in [-0.3, -0.25) is 10.1 Å². The highest BCUT2D eigenvalue weighted by molar-refractivity contribution is 8.00. The van der Waals surface area contributed by atoms with E-state index in [1.165, 1.54) is 17.7 Å². The number of anilines is 1. The summed E-state index contributed by atoms with van der Waals surface area (Å²) in [6.07, 6.45) is 3.97. The molecular weight excluding hydrogens is 364 g/mol. The van der Waals surface area contributed by atoms with E-state index in [1.54, 1.807) is 23.9 Å². The summed E-state index contributed by atoms with van der Waals surface area (Å²) < 4.78 is 0. The molecule has 0 fully saturated rings. The molecule has 0 saturated heterocycles. The molecule has 4 rings (SSSR count). The number of hydrogen-bond donors (Lipinski definition) is 2. The number of phenolic OH excluding ortho intramolecular Hbond substituents is 2. The first-order valence-electron chi connectivity index (χ1n) is 8.62. The highest BCUT2D eigenvalue weighted by atomic mass is 32.2. The van der Waals surface area contributed by atoms with E-state index in [0.717, 1.165) is 16.1 Å². The predicted molar refractivity (Wildman–Crippen MR) is 107 cm³/mol. The third-order valence-corrected chi connectivity index (χ3v) is 6.85. The van der Waals surface area contributed by atoms with Crippen molar-refractivity contribution in [3.63, 3.8) is 0 Å². The molecule has 2 N–H and O–H groups in total. The fourth-order valence-electron chi connectivity index (χ4n) is 4.29. The van der Waals surface area contributed by atoms with Gasteiger partial charge >= 0.3 is 5.69 Å². The van der Waals surface area contributed by atoms with Crippen LogP contribution in [-0.4, -0.2) is 33.5 Å². The molecule has 6 nitrogen and oxygen atoms in total. The van der Waals surface area contributed by atoms with E-state index in [9.17, 15) is 20.3 Å². The lowest BCUT2D eigenvalue weighted by atomic mass is 9.79. The highest BCUT2D eigenvalue weighted by Crippen LogP contribution is 2.51. The largest absolute Gasteiger partial charge is 0.508 e. The number of fused-ring (bicyclic) bond motifs is 2. The minimum absolute atomic E-state index is 0.0906. The van der Waals surface area contributed by atoms with Crippen molar-refractivity contribution in [1.29, 1.82) is 0 Å². The summed E-state index contributed by atoms with van der Waals surface area (Å²) in [4.78, 5) is 13.5. The zero-order valence-corrected chi connectivity index (χ0v) is 16.0. The Labute approximate surface area is 161 Å². The minimum Gasteiger partial charge on any atom is -0.508 e. The van der Waals surface area contributed by atoms with Gasteiger partial charge in [-0.2, -0.15) is 0 Å². The average Bonchev–Trinajstić information content (AvgIpc) is 2.79. The number of phenols is 2. The van der Waals surface area contributed by atoms with Crippen LogP contribution in [0.4, 0.5) is 11.4 Å². The van der Waals surface area contributed by atoms with Gasteiger partial charge in [-0.05, 0) is 17.2 Å². The number of nitro benzene ring substituents is 1. The van der Waals surface area contributed by atoms with Crippen LogP contribution in [0.2, 0.25) is 0 Å². The molecule has 2 unspecified atom stereocenters. The van der Waals surface area contributed by atoms with Gasteiger partial charge in [-0.1, -0.05) is 32.1 Å². The minimum atomic E-state index is -0.572. The van der Waals surface area contributed by atoms with Gasteiger partial charge in [0.25, 0.3) is 0 Å². The Morgan fingerprint density at radius 3 is 2.67 bits per heavy atom. The smallest absolute Gasteiger partial charge is 0.311 e. The number of rotatable bonds is 2. The molecule has 2 aromatic carbocycles. The van der Waals surface area contributed by atoms with Crippen molar-refractivity contribution in [3.8, 4) is 11.5 Å². The summed E-state index contributed by atoms with van der Waals surface area (Å²) in [7, 11) is 2.02. The first-order chi connectivity index (χ1) is 12.7. The van der Waals surface area contributed by atoms with Gasteiger partial charge in [-0.25, -0.2) is 0 Å². The van der Waals surface area contributed by atoms with Crippen molar-refractivity contribution in [2.24, 2.45) is 0 Å². The van der Waals surface area contributed by atoms with Crippen LogP contribution in [0.25, 0.3) is 6.08 Å². The van der Waals surface area contributed by atoms with Gasteiger partial charge in [0.15, 0.2) is 5.75 Å². The van der Waals surface area contributed by atoms with Gasteiger partial charge in [-0.15, -0.1) is 11.8 Å². The molecule has 0 aliphatic carbocycles. The van der Waals surface area contributed by atoms with E-state index >= 15 is 0 Å². The van der Waals surface area contributed by atoms with Crippen LogP contribution in [0, 0.1) is 10.1 Å². The second-order valence-corrected chi connectivity index (χ2v) is 8.78. The van der Waals surface area contributed by atoms with E-state index in [0.29, 0.717) is 0 Å². The van der Waals surface area contributed by atoms with Gasteiger partial charge in [0.05, 0.1) is 11.0 Å². The molecule has 27 heavy (non-hydrogen) atoms. The third kappa shape index (κ3) is 2.65. The summed E-state index contributed by atoms with van der Waals surface area (Å²) in [5.74, 6) is -0.0704. The molecule has 0 radical (unpaired) electrons. The van der Waals surface area contributed by atoms with E-state index < -0.39 is 4.92 Å². The molecule has 0 saturated carbocycles. The lowest BCUT2D eigenvalue weighted by Gasteiger charge is -2.38. The Morgan fingerprint density at radius 2 is 1.96 bits per heavy atom. The predicted octanol–water partition coefficient (Wildman–Crippen LogP) is 4.29. The van der Waals surface area contributed by atoms with Gasteiger partial charge in [0.2, 0.25) is 0 Å². The summed E-state index contributed by atoms with van der Waals surface area (Å²) in [5.41, 5.74) is 2.50. The molecule has 2 atom stereocenters. The number of nitro groups is 1. The van der Waals surface area contributed by atoms with Crippen LogP contribution in [0.1, 0.15) is 25.0 Å². The number of aromatic hydroxyl groups is 2. The Kier molecular flexibility index (Phi) is 3.89. The summed E-state index contributed by atoms with van der Waals surface area (Å²) in [5, 5.41) is 31.0. The zero-order valence-electron chi connectivity index (χ0n) is 15.2. The lowest BCUT2D eigenvalue weighted by Crippen LogP contribution is -2.46. The zero-order chi connectivity index (χ0) is 19.5. The molecule has 0 aromatic heterocycles. The van der Waals surface area contributed by atoms with Crippen LogP contribution in [0.5, 0.6) is 11.5 Å². The van der Waals surface area contributed by atoms with Gasteiger partial charge in [0.1, 0.15) is 5.75 Å². The molecule has 2 heterocycles. The number of thioether (sulfide) groups is 1. The molecule has 2 aromatic rings. The van der Waals surface area contributed by atoms with Crippen LogP contribution >= 0.6 is 11.8 Å². The van der Waals surface area contributed by atoms with E-state index in [4.69, 9.17) is 0 Å². The Hall–Kier alpha value is -2.67. The van der Waals surface area contributed by atoms with Gasteiger partial charge in [0, 0.05) is 46.5 Å². The maximum absolute atomic E-state index is 11.1. The van der Waals surface area contributed by atoms with Crippen molar-refractivity contribution in [2.75, 3.05) is 11.9 Å². The molecule has 140 valence electrons. The van der Waals surface area contributed by atoms with Crippen LogP contribution in [0.15, 0.2) is 41.3 Å². The van der Waals surface area contributed by atoms with Crippen molar-refractivity contribution >= 4 is 29.2 Å². The molecular formula is C20H20N2O4S. The Bertz CT molecular complexity index is 986. The quantitative estimate of drug-likeness (QED) is 0.593. The first kappa shape index (κ1) is 17.7. The normalized spacial score (nSPS) is 22.4. The summed E-state index contributed by atoms with van der Waals surface area (Å²) >= 11 is 1.60. The maximum atomic E-state index is 11.1. The number of hydrogen-bond acceptors (Lipinski definition) is 6. The second-order valence-electron chi connectivity index (χ2n) is 7.56. The van der Waals surface area contributed by atoms with Crippen LogP contribution in [0.3, 0.4) is 0 Å². The van der Waals surface area contributed by atoms with Crippen molar-refractivity contribution in [2.45, 2.75) is 35.4 Å². The average molecular weight is 384 g/mol. The monoisotopic (exact) mass is 384 g/mol. The van der Waals surface area contributed by atoms with Crippen LogP contribution < -0.4 is 4.90 Å². The lowest BCUT2D eigenvalue weighted by molar-refractivity contribution is -0.385. The molecule has 0 spiro atoms. The molecule has 7 heteroatoms. The van der Waals surface area contributed by atoms with Gasteiger partial charge < -0.3 is 15.1 Å². The van der Waals surface area contributed by atoms with Crippen molar-refractivity contribution < 1.29 is 15.1 Å². The summed E-state index contributed by atoms with van der Waals surface area (Å²) in [6.45, 7) is 4.38. The third-order valence-electron chi connectivity index (χ3n) is 5.56. The van der Waals surface area contributed by atoms with E-state index in [1.807, 2.05) is 19.2 Å². The SMILES string of the molecule is CN1c2cc(O)ccc2C(C)(C)C1C1C=Cc2cc([N+](=O)[O-])c(O)cc2S1. The summed E-state index contributed by atoms with van der Waals surface area (Å²) in [6, 6.07) is 8.50. The number of likely N-dealkylation sites (N-methyl/N-ethyl adjacent to an activating group) is 1. The Balaban J connectivity index is 1.71. The topological polar surface area (TPSA) is 86.8 Å². The van der Waals surface area contributed by atoms with Crippen LogP contribution in [-0.2, 0) is 5.41 Å². The fraction of sp³-hybridized carbons (Fsp3) is 0.300. The van der Waals surface area contributed by atoms with E-state index in [2.05, 4.69) is 24.8 Å². The Morgan fingerprint density at radius 1 is 1.22 bits per heavy atom. The first-order valence-corrected chi connectivity index (χ1v) is 9.50. The molecule has 2 aliphatic heterocycles. The van der Waals surface area contributed by atoms with E-state index in [-0.39, 0.29) is 33.9 Å². The highest BCUT2D eigenvalue weighted by Gasteiger charge is 2.47. The maximum Gasteiger partial charge on any atom is 0.311 e. The molecule has 0 amide bonds. The van der Waals surface area contributed by atoms with Crippen molar-refractivity contribution in [1.82, 2.24) is 0 Å².